The molecular formula is C16H22BrN3O. The summed E-state index contributed by atoms with van der Waals surface area (Å²) in [6.07, 6.45) is 6.20. The second kappa shape index (κ2) is 6.36. The Morgan fingerprint density at radius 2 is 2.05 bits per heavy atom. The molecule has 2 fully saturated rings. The first-order valence-corrected chi connectivity index (χ1v) is 8.52. The predicted octanol–water partition coefficient (Wildman–Crippen LogP) is 3.48. The molecule has 3 rings (SSSR count). The van der Waals surface area contributed by atoms with Crippen molar-refractivity contribution in [3.8, 4) is 0 Å². The molecule has 0 saturated heterocycles. The number of hydrogen-bond acceptors (Lipinski definition) is 3. The Kier molecular flexibility index (Phi) is 4.50. The van der Waals surface area contributed by atoms with Crippen LogP contribution in [-0.2, 0) is 4.79 Å². The van der Waals surface area contributed by atoms with Gasteiger partial charge in [-0.05, 0) is 49.8 Å². The first kappa shape index (κ1) is 14.9. The van der Waals surface area contributed by atoms with Crippen LogP contribution in [0, 0.1) is 5.92 Å². The van der Waals surface area contributed by atoms with Gasteiger partial charge in [-0.25, -0.2) is 0 Å². The van der Waals surface area contributed by atoms with Gasteiger partial charge in [0.2, 0.25) is 5.91 Å². The Morgan fingerprint density at radius 1 is 1.24 bits per heavy atom. The van der Waals surface area contributed by atoms with Gasteiger partial charge in [-0.3, -0.25) is 4.79 Å². The molecule has 5 heteroatoms. The van der Waals surface area contributed by atoms with E-state index in [0.29, 0.717) is 18.4 Å². The van der Waals surface area contributed by atoms with Gasteiger partial charge in [0.25, 0.3) is 0 Å². The van der Waals surface area contributed by atoms with E-state index in [-0.39, 0.29) is 11.9 Å². The minimum absolute atomic E-state index is 0.0642. The van der Waals surface area contributed by atoms with Crippen LogP contribution in [0.15, 0.2) is 22.7 Å². The first-order chi connectivity index (χ1) is 10.1. The molecule has 0 aromatic heterocycles. The van der Waals surface area contributed by atoms with Crippen LogP contribution in [0.2, 0.25) is 0 Å². The molecular weight excluding hydrogens is 330 g/mol. The number of hydrogen-bond donors (Lipinski definition) is 3. The summed E-state index contributed by atoms with van der Waals surface area (Å²) in [5, 5.41) is 6.50. The Bertz CT molecular complexity index is 530. The normalized spacial score (nSPS) is 24.9. The van der Waals surface area contributed by atoms with Gasteiger partial charge >= 0.3 is 0 Å². The summed E-state index contributed by atoms with van der Waals surface area (Å²) < 4.78 is 0.969. The maximum atomic E-state index is 12.3. The minimum Gasteiger partial charge on any atom is -0.381 e. The van der Waals surface area contributed by atoms with E-state index in [1.807, 2.05) is 18.2 Å². The van der Waals surface area contributed by atoms with Crippen molar-refractivity contribution < 1.29 is 4.79 Å². The third kappa shape index (κ3) is 3.98. The van der Waals surface area contributed by atoms with Crippen molar-refractivity contribution in [3.05, 3.63) is 22.7 Å². The molecule has 0 radical (unpaired) electrons. The van der Waals surface area contributed by atoms with Crippen molar-refractivity contribution in [2.45, 2.75) is 50.6 Å². The van der Waals surface area contributed by atoms with E-state index in [1.54, 1.807) is 0 Å². The van der Waals surface area contributed by atoms with Crippen LogP contribution in [0.4, 0.5) is 11.4 Å². The number of halogens is 1. The van der Waals surface area contributed by atoms with Gasteiger partial charge < -0.3 is 16.4 Å². The second-order valence-corrected chi connectivity index (χ2v) is 7.13. The minimum atomic E-state index is 0.0642. The zero-order chi connectivity index (χ0) is 14.8. The highest BCUT2D eigenvalue weighted by Gasteiger charge is 2.27. The van der Waals surface area contributed by atoms with Crippen LogP contribution < -0.4 is 16.4 Å². The molecule has 2 saturated carbocycles. The van der Waals surface area contributed by atoms with Crippen molar-refractivity contribution in [1.29, 1.82) is 0 Å². The molecule has 0 bridgehead atoms. The van der Waals surface area contributed by atoms with Crippen molar-refractivity contribution in [3.63, 3.8) is 0 Å². The molecule has 1 aromatic rings. The van der Waals surface area contributed by atoms with E-state index in [0.717, 1.165) is 35.1 Å². The highest BCUT2D eigenvalue weighted by Crippen LogP contribution is 2.32. The summed E-state index contributed by atoms with van der Waals surface area (Å²) in [7, 11) is 0. The monoisotopic (exact) mass is 351 g/mol. The lowest BCUT2D eigenvalue weighted by atomic mass is 10.00. The van der Waals surface area contributed by atoms with Crippen LogP contribution in [0.25, 0.3) is 0 Å². The Hall–Kier alpha value is -1.07. The fourth-order valence-corrected chi connectivity index (χ4v) is 3.31. The number of nitrogens with two attached hydrogens (primary N) is 1. The summed E-state index contributed by atoms with van der Waals surface area (Å²) in [5.74, 6) is 0.395. The third-order valence-corrected chi connectivity index (χ3v) is 4.85. The van der Waals surface area contributed by atoms with Crippen LogP contribution >= 0.6 is 15.9 Å². The van der Waals surface area contributed by atoms with E-state index in [9.17, 15) is 4.79 Å². The molecule has 0 unspecified atom stereocenters. The van der Waals surface area contributed by atoms with Crippen LogP contribution in [0.1, 0.15) is 38.5 Å². The summed E-state index contributed by atoms with van der Waals surface area (Å²) in [4.78, 5) is 12.3. The lowest BCUT2D eigenvalue weighted by Crippen LogP contribution is -2.28. The van der Waals surface area contributed by atoms with Crippen LogP contribution in [0.5, 0.6) is 0 Å². The lowest BCUT2D eigenvalue weighted by molar-refractivity contribution is -0.117. The SMILES string of the molecule is N[C@@H]1CCC[C@H]1CC(=O)Nc1cc(Br)ccc1NC1CC1. The van der Waals surface area contributed by atoms with Crippen LogP contribution in [-0.4, -0.2) is 18.0 Å². The largest absolute Gasteiger partial charge is 0.381 e. The van der Waals surface area contributed by atoms with Crippen molar-refractivity contribution in [2.75, 3.05) is 10.6 Å². The summed E-state index contributed by atoms with van der Waals surface area (Å²) in [5.41, 5.74) is 7.91. The zero-order valence-electron chi connectivity index (χ0n) is 12.1. The number of benzene rings is 1. The van der Waals surface area contributed by atoms with Gasteiger partial charge in [-0.2, -0.15) is 0 Å². The summed E-state index contributed by atoms with van der Waals surface area (Å²) >= 11 is 3.47. The predicted molar refractivity (Wildman–Crippen MR) is 89.3 cm³/mol. The van der Waals surface area contributed by atoms with E-state index >= 15 is 0 Å². The van der Waals surface area contributed by atoms with Gasteiger partial charge in [0, 0.05) is 23.0 Å². The molecule has 2 aliphatic rings. The maximum absolute atomic E-state index is 12.3. The molecule has 0 spiro atoms. The Morgan fingerprint density at radius 3 is 2.71 bits per heavy atom. The summed E-state index contributed by atoms with van der Waals surface area (Å²) in [6, 6.07) is 6.71. The van der Waals surface area contributed by atoms with Gasteiger partial charge in [-0.1, -0.05) is 22.4 Å². The first-order valence-electron chi connectivity index (χ1n) is 7.73. The fraction of sp³-hybridized carbons (Fsp3) is 0.562. The topological polar surface area (TPSA) is 67.2 Å². The van der Waals surface area contributed by atoms with Crippen molar-refractivity contribution in [2.24, 2.45) is 11.7 Å². The molecule has 21 heavy (non-hydrogen) atoms. The molecule has 2 aliphatic carbocycles. The van der Waals surface area contributed by atoms with Crippen molar-refractivity contribution in [1.82, 2.24) is 0 Å². The van der Waals surface area contributed by atoms with Crippen molar-refractivity contribution >= 4 is 33.2 Å². The lowest BCUT2D eigenvalue weighted by Gasteiger charge is -2.17. The molecule has 4 N–H and O–H groups in total. The maximum Gasteiger partial charge on any atom is 0.224 e. The standard InChI is InChI=1S/C16H22BrN3O/c17-11-4-7-14(19-12-5-6-12)15(9-11)20-16(21)8-10-2-1-3-13(10)18/h4,7,9-10,12-13,19H,1-3,5-6,8,18H2,(H,20,21)/t10-,13+/m0/s1. The van der Waals surface area contributed by atoms with E-state index < -0.39 is 0 Å². The zero-order valence-corrected chi connectivity index (χ0v) is 13.7. The molecule has 4 nitrogen and oxygen atoms in total. The van der Waals surface area contributed by atoms with E-state index in [1.165, 1.54) is 12.8 Å². The molecule has 2 atom stereocenters. The summed E-state index contributed by atoms with van der Waals surface area (Å²) in [6.45, 7) is 0. The number of carbonyl (C=O) groups is 1. The van der Waals surface area contributed by atoms with Gasteiger partial charge in [0.15, 0.2) is 0 Å². The number of nitrogens with one attached hydrogen (secondary N) is 2. The van der Waals surface area contributed by atoms with E-state index in [2.05, 4.69) is 26.6 Å². The highest BCUT2D eigenvalue weighted by molar-refractivity contribution is 9.10. The average molecular weight is 352 g/mol. The van der Waals surface area contributed by atoms with Gasteiger partial charge in [0.1, 0.15) is 0 Å². The number of anilines is 2. The van der Waals surface area contributed by atoms with E-state index in [4.69, 9.17) is 5.73 Å². The van der Waals surface area contributed by atoms with Gasteiger partial charge in [0.05, 0.1) is 11.4 Å². The molecule has 1 amide bonds. The molecule has 0 aliphatic heterocycles. The smallest absolute Gasteiger partial charge is 0.224 e. The molecule has 0 heterocycles. The Labute approximate surface area is 134 Å². The Balaban J connectivity index is 1.65. The second-order valence-electron chi connectivity index (χ2n) is 6.22. The van der Waals surface area contributed by atoms with Crippen LogP contribution in [0.3, 0.4) is 0 Å². The average Bonchev–Trinajstić information content (AvgIpc) is 3.17. The number of carbonyl (C=O) groups excluding carboxylic acids is 1. The van der Waals surface area contributed by atoms with Gasteiger partial charge in [-0.15, -0.1) is 0 Å². The number of rotatable bonds is 5. The third-order valence-electron chi connectivity index (χ3n) is 4.36. The molecule has 1 aromatic carbocycles. The number of amides is 1. The quantitative estimate of drug-likeness (QED) is 0.760. The fourth-order valence-electron chi connectivity index (χ4n) is 2.95. The highest BCUT2D eigenvalue weighted by atomic mass is 79.9. The molecule has 114 valence electrons.